The molecular formula is C26H30N6OS. The highest BCUT2D eigenvalue weighted by molar-refractivity contribution is 7.98. The van der Waals surface area contributed by atoms with E-state index in [0.717, 1.165) is 30.6 Å². The molecule has 1 unspecified atom stereocenters. The van der Waals surface area contributed by atoms with Gasteiger partial charge < -0.3 is 15.2 Å². The molecule has 7 nitrogen and oxygen atoms in total. The largest absolute Gasteiger partial charge is 0.358 e. The van der Waals surface area contributed by atoms with Crippen LogP contribution in [0.15, 0.2) is 60.0 Å². The first-order chi connectivity index (χ1) is 16.6. The summed E-state index contributed by atoms with van der Waals surface area (Å²) in [6.07, 6.45) is 12.7. The Labute approximate surface area is 205 Å². The van der Waals surface area contributed by atoms with E-state index in [0.29, 0.717) is 29.0 Å². The molecule has 34 heavy (non-hydrogen) atoms. The number of nitrogens with one attached hydrogen (secondary N) is 2. The van der Waals surface area contributed by atoms with Crippen LogP contribution in [0.4, 0.5) is 5.82 Å². The van der Waals surface area contributed by atoms with E-state index >= 15 is 0 Å². The fraction of sp³-hybridized carbons (Fsp3) is 0.385. The van der Waals surface area contributed by atoms with Crippen LogP contribution in [0.1, 0.15) is 49.7 Å². The van der Waals surface area contributed by atoms with Crippen LogP contribution in [-0.2, 0) is 11.3 Å². The molecule has 0 spiro atoms. The Morgan fingerprint density at radius 1 is 1.18 bits per heavy atom. The number of carbonyl (C=O) groups excluding carboxylic acids is 1. The molecule has 1 aliphatic carbocycles. The van der Waals surface area contributed by atoms with Crippen molar-refractivity contribution in [2.75, 3.05) is 11.6 Å². The molecule has 1 amide bonds. The fourth-order valence-electron chi connectivity index (χ4n) is 4.37. The summed E-state index contributed by atoms with van der Waals surface area (Å²) in [5.41, 5.74) is 1.57. The minimum Gasteiger partial charge on any atom is -0.358 e. The number of nitriles is 1. The lowest BCUT2D eigenvalue weighted by molar-refractivity contribution is -0.122. The standard InChI is InChI=1S/C26H30N6OS/c1-34-26-30-23(16-24(31-26)32-13-5-6-14-32)29-22(15-19-7-3-2-4-8-19)25(33)28-18-21-11-9-20(17-27)10-12-21/h5-6,9-14,16,19,22H,2-4,7-8,15,18H2,1H3,(H,28,33)(H,29,30,31). The summed E-state index contributed by atoms with van der Waals surface area (Å²) < 4.78 is 1.94. The van der Waals surface area contributed by atoms with Crippen molar-refractivity contribution in [3.63, 3.8) is 0 Å². The topological polar surface area (TPSA) is 95.6 Å². The Morgan fingerprint density at radius 3 is 2.59 bits per heavy atom. The van der Waals surface area contributed by atoms with Gasteiger partial charge in [0.2, 0.25) is 5.91 Å². The summed E-state index contributed by atoms with van der Waals surface area (Å²) in [6.45, 7) is 0.418. The second-order valence-electron chi connectivity index (χ2n) is 8.65. The zero-order chi connectivity index (χ0) is 23.8. The number of aromatic nitrogens is 3. The van der Waals surface area contributed by atoms with Crippen LogP contribution in [0.25, 0.3) is 5.82 Å². The molecule has 176 valence electrons. The van der Waals surface area contributed by atoms with Gasteiger partial charge in [0.25, 0.3) is 0 Å². The van der Waals surface area contributed by atoms with E-state index in [1.165, 1.54) is 31.0 Å². The number of nitrogens with zero attached hydrogens (tertiary/aromatic N) is 4. The third-order valence-electron chi connectivity index (χ3n) is 6.23. The molecule has 1 atom stereocenters. The third-order valence-corrected chi connectivity index (χ3v) is 6.77. The molecule has 2 heterocycles. The highest BCUT2D eigenvalue weighted by Gasteiger charge is 2.25. The summed E-state index contributed by atoms with van der Waals surface area (Å²) in [5, 5.41) is 16.2. The van der Waals surface area contributed by atoms with E-state index < -0.39 is 0 Å². The quantitative estimate of drug-likeness (QED) is 0.337. The van der Waals surface area contributed by atoms with Crippen LogP contribution in [-0.4, -0.2) is 32.7 Å². The van der Waals surface area contributed by atoms with Gasteiger partial charge in [0.15, 0.2) is 5.16 Å². The monoisotopic (exact) mass is 474 g/mol. The van der Waals surface area contributed by atoms with E-state index in [4.69, 9.17) is 5.26 Å². The zero-order valence-corrected chi connectivity index (χ0v) is 20.2. The molecule has 3 aromatic rings. The number of rotatable bonds is 9. The van der Waals surface area contributed by atoms with Gasteiger partial charge >= 0.3 is 0 Å². The summed E-state index contributed by atoms with van der Waals surface area (Å²) in [5.74, 6) is 1.90. The van der Waals surface area contributed by atoms with Crippen molar-refractivity contribution >= 4 is 23.5 Å². The molecule has 0 radical (unpaired) electrons. The van der Waals surface area contributed by atoms with Gasteiger partial charge in [-0.1, -0.05) is 56.0 Å². The van der Waals surface area contributed by atoms with E-state index in [1.807, 2.05) is 53.5 Å². The molecule has 2 N–H and O–H groups in total. The summed E-state index contributed by atoms with van der Waals surface area (Å²) >= 11 is 1.48. The zero-order valence-electron chi connectivity index (χ0n) is 19.4. The van der Waals surface area contributed by atoms with E-state index in [2.05, 4.69) is 26.7 Å². The Kier molecular flexibility index (Phi) is 8.21. The maximum atomic E-state index is 13.3. The second kappa shape index (κ2) is 11.7. The van der Waals surface area contributed by atoms with Gasteiger partial charge in [0, 0.05) is 25.0 Å². The van der Waals surface area contributed by atoms with Crippen LogP contribution < -0.4 is 10.6 Å². The molecule has 4 rings (SSSR count). The normalized spacial score (nSPS) is 14.8. The lowest BCUT2D eigenvalue weighted by Crippen LogP contribution is -2.41. The number of thioether (sulfide) groups is 1. The Hall–Kier alpha value is -3.31. The lowest BCUT2D eigenvalue weighted by atomic mass is 9.84. The number of hydrogen-bond acceptors (Lipinski definition) is 6. The second-order valence-corrected chi connectivity index (χ2v) is 9.42. The van der Waals surface area contributed by atoms with Crippen LogP contribution >= 0.6 is 11.8 Å². The van der Waals surface area contributed by atoms with Gasteiger partial charge in [-0.05, 0) is 48.4 Å². The van der Waals surface area contributed by atoms with Crippen LogP contribution in [0, 0.1) is 17.2 Å². The van der Waals surface area contributed by atoms with Gasteiger partial charge in [0.05, 0.1) is 11.6 Å². The molecule has 0 aliphatic heterocycles. The Morgan fingerprint density at radius 2 is 1.91 bits per heavy atom. The lowest BCUT2D eigenvalue weighted by Gasteiger charge is -2.27. The van der Waals surface area contributed by atoms with Crippen molar-refractivity contribution in [3.8, 4) is 11.9 Å². The highest BCUT2D eigenvalue weighted by atomic mass is 32.2. The summed E-state index contributed by atoms with van der Waals surface area (Å²) in [4.78, 5) is 22.5. The third kappa shape index (κ3) is 6.39. The highest BCUT2D eigenvalue weighted by Crippen LogP contribution is 2.28. The van der Waals surface area contributed by atoms with Crippen molar-refractivity contribution in [1.29, 1.82) is 5.26 Å². The minimum absolute atomic E-state index is 0.0400. The average molecular weight is 475 g/mol. The first-order valence-electron chi connectivity index (χ1n) is 11.7. The maximum absolute atomic E-state index is 13.3. The van der Waals surface area contributed by atoms with Gasteiger partial charge in [-0.2, -0.15) is 5.26 Å². The van der Waals surface area contributed by atoms with Crippen molar-refractivity contribution in [2.24, 2.45) is 5.92 Å². The first kappa shape index (κ1) is 23.8. The number of anilines is 1. The minimum atomic E-state index is -0.386. The fourth-order valence-corrected chi connectivity index (χ4v) is 4.75. The van der Waals surface area contributed by atoms with Crippen molar-refractivity contribution in [1.82, 2.24) is 19.9 Å². The molecule has 1 aliphatic rings. The number of carbonyl (C=O) groups is 1. The van der Waals surface area contributed by atoms with E-state index in [9.17, 15) is 4.79 Å². The molecule has 1 aromatic carbocycles. The number of benzene rings is 1. The SMILES string of the molecule is CSc1nc(NC(CC2CCCCC2)C(=O)NCc2ccc(C#N)cc2)cc(-n2cccc2)n1. The Balaban J connectivity index is 1.51. The number of amides is 1. The molecule has 0 bridgehead atoms. The van der Waals surface area contributed by atoms with Crippen molar-refractivity contribution < 1.29 is 4.79 Å². The van der Waals surface area contributed by atoms with Crippen molar-refractivity contribution in [2.45, 2.75) is 56.3 Å². The van der Waals surface area contributed by atoms with Crippen LogP contribution in [0.2, 0.25) is 0 Å². The Bertz CT molecular complexity index is 1120. The molecule has 8 heteroatoms. The van der Waals surface area contributed by atoms with Gasteiger partial charge in [-0.25, -0.2) is 9.97 Å². The molecular weight excluding hydrogens is 444 g/mol. The van der Waals surface area contributed by atoms with Crippen LogP contribution in [0.5, 0.6) is 0 Å². The van der Waals surface area contributed by atoms with E-state index in [-0.39, 0.29) is 11.9 Å². The first-order valence-corrected chi connectivity index (χ1v) is 13.0. The maximum Gasteiger partial charge on any atom is 0.242 e. The van der Waals surface area contributed by atoms with Crippen molar-refractivity contribution in [3.05, 3.63) is 66.0 Å². The molecule has 1 fully saturated rings. The smallest absolute Gasteiger partial charge is 0.242 e. The number of hydrogen-bond donors (Lipinski definition) is 2. The predicted octanol–water partition coefficient (Wildman–Crippen LogP) is 4.93. The molecule has 2 aromatic heterocycles. The summed E-state index contributed by atoms with van der Waals surface area (Å²) in [6, 6.07) is 14.8. The summed E-state index contributed by atoms with van der Waals surface area (Å²) in [7, 11) is 0. The van der Waals surface area contributed by atoms with Gasteiger partial charge in [-0.3, -0.25) is 4.79 Å². The molecule has 1 saturated carbocycles. The molecule has 0 saturated heterocycles. The van der Waals surface area contributed by atoms with E-state index in [1.54, 1.807) is 12.1 Å². The van der Waals surface area contributed by atoms with Gasteiger partial charge in [-0.15, -0.1) is 0 Å². The predicted molar refractivity (Wildman–Crippen MR) is 135 cm³/mol. The van der Waals surface area contributed by atoms with Gasteiger partial charge in [0.1, 0.15) is 17.7 Å². The van der Waals surface area contributed by atoms with Crippen LogP contribution in [0.3, 0.4) is 0 Å². The average Bonchev–Trinajstić information content (AvgIpc) is 3.43.